The van der Waals surface area contributed by atoms with Crippen LogP contribution in [0, 0.1) is 17.5 Å². The van der Waals surface area contributed by atoms with Gasteiger partial charge in [0.2, 0.25) is 0 Å². The summed E-state index contributed by atoms with van der Waals surface area (Å²) in [5, 5.41) is 9.91. The molecule has 0 radical (unpaired) electrons. The minimum absolute atomic E-state index is 0.0962. The summed E-state index contributed by atoms with van der Waals surface area (Å²) in [6, 6.07) is 9.05. The summed E-state index contributed by atoms with van der Waals surface area (Å²) < 4.78 is 43.6. The molecule has 1 aromatic heterocycles. The number of rotatable bonds is 4. The first-order valence-electron chi connectivity index (χ1n) is 9.18. The van der Waals surface area contributed by atoms with Gasteiger partial charge in [-0.05, 0) is 29.8 Å². The number of halogens is 3. The first kappa shape index (κ1) is 19.2. The molecule has 1 aliphatic rings. The highest BCUT2D eigenvalue weighted by atomic mass is 19.1. The van der Waals surface area contributed by atoms with Gasteiger partial charge in [0, 0.05) is 49.9 Å². The van der Waals surface area contributed by atoms with Gasteiger partial charge in [0.15, 0.2) is 0 Å². The molecule has 2 aromatic carbocycles. The molecule has 2 heterocycles. The maximum atomic E-state index is 14.6. The van der Waals surface area contributed by atoms with E-state index in [-0.39, 0.29) is 11.5 Å². The lowest BCUT2D eigenvalue weighted by Gasteiger charge is -2.21. The lowest BCUT2D eigenvalue weighted by Crippen LogP contribution is -2.40. The minimum atomic E-state index is -0.662. The minimum Gasteiger partial charge on any atom is -0.347 e. The van der Waals surface area contributed by atoms with Crippen LogP contribution in [0.15, 0.2) is 48.7 Å². The normalized spacial score (nSPS) is 18.8. The lowest BCUT2D eigenvalue weighted by molar-refractivity contribution is 0.0932. The van der Waals surface area contributed by atoms with E-state index < -0.39 is 29.4 Å². The summed E-state index contributed by atoms with van der Waals surface area (Å²) >= 11 is 0. The maximum Gasteiger partial charge on any atom is 0.254 e. The molecular formula is C21H19F3N4O. The van der Waals surface area contributed by atoms with Crippen LogP contribution in [0.4, 0.5) is 13.2 Å². The number of benzene rings is 2. The summed E-state index contributed by atoms with van der Waals surface area (Å²) in [7, 11) is 1.75. The van der Waals surface area contributed by atoms with Gasteiger partial charge >= 0.3 is 0 Å². The van der Waals surface area contributed by atoms with Crippen molar-refractivity contribution in [3.8, 4) is 11.3 Å². The monoisotopic (exact) mass is 400 g/mol. The van der Waals surface area contributed by atoms with Crippen LogP contribution < -0.4 is 10.6 Å². The molecule has 2 unspecified atom stereocenters. The molecule has 1 aliphatic heterocycles. The number of aryl methyl sites for hydroxylation is 1. The average Bonchev–Trinajstić information content (AvgIpc) is 3.30. The Morgan fingerprint density at radius 1 is 1.10 bits per heavy atom. The lowest BCUT2D eigenvalue weighted by atomic mass is 9.93. The zero-order chi connectivity index (χ0) is 20.5. The van der Waals surface area contributed by atoms with Gasteiger partial charge in [0.05, 0.1) is 11.3 Å². The fourth-order valence-electron chi connectivity index (χ4n) is 3.72. The van der Waals surface area contributed by atoms with Crippen molar-refractivity contribution < 1.29 is 18.0 Å². The molecule has 2 atom stereocenters. The Kier molecular flexibility index (Phi) is 5.10. The third-order valence-corrected chi connectivity index (χ3v) is 5.22. The first-order chi connectivity index (χ1) is 13.9. The number of nitrogens with one attached hydrogen (secondary N) is 2. The fourth-order valence-corrected chi connectivity index (χ4v) is 3.72. The molecule has 5 nitrogen and oxygen atoms in total. The Morgan fingerprint density at radius 3 is 2.62 bits per heavy atom. The van der Waals surface area contributed by atoms with Crippen LogP contribution in [0.5, 0.6) is 0 Å². The van der Waals surface area contributed by atoms with E-state index in [4.69, 9.17) is 0 Å². The number of nitrogens with zero attached hydrogens (tertiary/aromatic N) is 2. The van der Waals surface area contributed by atoms with Crippen molar-refractivity contribution in [3.63, 3.8) is 0 Å². The molecule has 0 saturated carbocycles. The summed E-state index contributed by atoms with van der Waals surface area (Å²) in [6.45, 7) is 0.831. The van der Waals surface area contributed by atoms with E-state index in [0.29, 0.717) is 24.2 Å². The molecule has 8 heteroatoms. The van der Waals surface area contributed by atoms with Crippen molar-refractivity contribution >= 4 is 5.91 Å². The van der Waals surface area contributed by atoms with Gasteiger partial charge in [-0.1, -0.05) is 12.1 Å². The molecular weight excluding hydrogens is 381 g/mol. The van der Waals surface area contributed by atoms with Gasteiger partial charge < -0.3 is 10.6 Å². The van der Waals surface area contributed by atoms with Crippen molar-refractivity contribution in [2.45, 2.75) is 12.0 Å². The van der Waals surface area contributed by atoms with Crippen LogP contribution in [0.25, 0.3) is 11.3 Å². The van der Waals surface area contributed by atoms with Crippen LogP contribution in [-0.2, 0) is 7.05 Å². The summed E-state index contributed by atoms with van der Waals surface area (Å²) in [5.41, 5.74) is 1.55. The molecule has 1 saturated heterocycles. The van der Waals surface area contributed by atoms with E-state index in [9.17, 15) is 18.0 Å². The molecule has 0 aliphatic carbocycles. The van der Waals surface area contributed by atoms with E-state index in [2.05, 4.69) is 15.7 Å². The highest BCUT2D eigenvalue weighted by Crippen LogP contribution is 2.27. The van der Waals surface area contributed by atoms with Crippen molar-refractivity contribution in [1.82, 2.24) is 20.4 Å². The number of amides is 1. The zero-order valence-electron chi connectivity index (χ0n) is 15.6. The van der Waals surface area contributed by atoms with E-state index in [1.165, 1.54) is 24.3 Å². The Morgan fingerprint density at radius 2 is 1.93 bits per heavy atom. The van der Waals surface area contributed by atoms with Gasteiger partial charge in [0.1, 0.15) is 17.5 Å². The molecule has 2 N–H and O–H groups in total. The fraction of sp³-hybridized carbons (Fsp3) is 0.238. The number of aromatic nitrogens is 2. The van der Waals surface area contributed by atoms with Gasteiger partial charge in [0.25, 0.3) is 5.91 Å². The second kappa shape index (κ2) is 7.71. The Hall–Kier alpha value is -3.13. The van der Waals surface area contributed by atoms with Crippen LogP contribution in [0.3, 0.4) is 0 Å². The van der Waals surface area contributed by atoms with E-state index in [1.807, 2.05) is 0 Å². The van der Waals surface area contributed by atoms with Crippen LogP contribution >= 0.6 is 0 Å². The second-order valence-electron chi connectivity index (χ2n) is 7.05. The highest BCUT2D eigenvalue weighted by Gasteiger charge is 2.32. The standard InChI is InChI=1S/C21H19F3N4O/c1-28-20(6-7-26-28)12-2-4-15(17(23)8-12)21(29)27-19-11-25-10-16(19)14-5-3-13(22)9-18(14)24/h2-9,16,19,25H,10-11H2,1H3,(H,27,29). The van der Waals surface area contributed by atoms with Crippen LogP contribution in [0.2, 0.25) is 0 Å². The number of hydrogen-bond acceptors (Lipinski definition) is 3. The quantitative estimate of drug-likeness (QED) is 0.708. The highest BCUT2D eigenvalue weighted by molar-refractivity contribution is 5.95. The second-order valence-corrected chi connectivity index (χ2v) is 7.05. The Balaban J connectivity index is 1.53. The topological polar surface area (TPSA) is 59.0 Å². The van der Waals surface area contributed by atoms with Gasteiger partial charge in [-0.15, -0.1) is 0 Å². The smallest absolute Gasteiger partial charge is 0.254 e. The molecule has 4 rings (SSSR count). The molecule has 1 fully saturated rings. The predicted molar refractivity (Wildman–Crippen MR) is 102 cm³/mol. The van der Waals surface area contributed by atoms with Crippen molar-refractivity contribution in [2.24, 2.45) is 7.05 Å². The molecule has 0 bridgehead atoms. The van der Waals surface area contributed by atoms with Crippen molar-refractivity contribution in [3.05, 3.63) is 77.2 Å². The number of hydrogen-bond donors (Lipinski definition) is 2. The Bertz CT molecular complexity index is 1070. The molecule has 0 spiro atoms. The van der Waals surface area contributed by atoms with E-state index in [1.54, 1.807) is 30.1 Å². The third kappa shape index (κ3) is 3.75. The first-order valence-corrected chi connectivity index (χ1v) is 9.18. The summed E-state index contributed by atoms with van der Waals surface area (Å²) in [5.74, 6) is -2.94. The predicted octanol–water partition coefficient (Wildman–Crippen LogP) is 2.99. The molecule has 3 aromatic rings. The van der Waals surface area contributed by atoms with Gasteiger partial charge in [-0.25, -0.2) is 13.2 Å². The zero-order valence-corrected chi connectivity index (χ0v) is 15.6. The van der Waals surface area contributed by atoms with Gasteiger partial charge in [-0.3, -0.25) is 9.48 Å². The largest absolute Gasteiger partial charge is 0.347 e. The third-order valence-electron chi connectivity index (χ3n) is 5.22. The van der Waals surface area contributed by atoms with E-state index >= 15 is 0 Å². The SMILES string of the molecule is Cn1nccc1-c1ccc(C(=O)NC2CNCC2c2ccc(F)cc2F)c(F)c1. The van der Waals surface area contributed by atoms with E-state index in [0.717, 1.165) is 11.8 Å². The number of carbonyl (C=O) groups is 1. The summed E-state index contributed by atoms with van der Waals surface area (Å²) in [6.07, 6.45) is 1.61. The van der Waals surface area contributed by atoms with Crippen molar-refractivity contribution in [2.75, 3.05) is 13.1 Å². The molecule has 29 heavy (non-hydrogen) atoms. The van der Waals surface area contributed by atoms with Crippen LogP contribution in [0.1, 0.15) is 21.8 Å². The van der Waals surface area contributed by atoms with Crippen LogP contribution in [-0.4, -0.2) is 34.8 Å². The molecule has 1 amide bonds. The van der Waals surface area contributed by atoms with Crippen molar-refractivity contribution in [1.29, 1.82) is 0 Å². The van der Waals surface area contributed by atoms with Gasteiger partial charge in [-0.2, -0.15) is 5.10 Å². The molecule has 150 valence electrons. The summed E-state index contributed by atoms with van der Waals surface area (Å²) in [4.78, 5) is 12.7. The average molecular weight is 400 g/mol. The Labute approximate surface area is 165 Å². The maximum absolute atomic E-state index is 14.6. The number of carbonyl (C=O) groups excluding carboxylic acids is 1.